The third kappa shape index (κ3) is 4.62. The minimum absolute atomic E-state index is 0.0208. The minimum atomic E-state index is -0.746. The van der Waals surface area contributed by atoms with Gasteiger partial charge >= 0.3 is 5.97 Å². The number of carbonyl (C=O) groups excluding carboxylic acids is 1. The molecule has 0 unspecified atom stereocenters. The summed E-state index contributed by atoms with van der Waals surface area (Å²) in [5.74, 6) is 0.0346. The predicted molar refractivity (Wildman–Crippen MR) is 95.9 cm³/mol. The lowest BCUT2D eigenvalue weighted by molar-refractivity contribution is -0.148. The van der Waals surface area contributed by atoms with E-state index < -0.39 is 12.1 Å². The zero-order chi connectivity index (χ0) is 19.4. The van der Waals surface area contributed by atoms with Crippen LogP contribution in [0.5, 0.6) is 5.75 Å². The van der Waals surface area contributed by atoms with Crippen LogP contribution in [0.25, 0.3) is 11.5 Å². The highest BCUT2D eigenvalue weighted by Gasteiger charge is 2.20. The minimum Gasteiger partial charge on any atom is -0.496 e. The molecule has 27 heavy (non-hydrogen) atoms. The summed E-state index contributed by atoms with van der Waals surface area (Å²) in [4.78, 5) is 12.2. The second kappa shape index (κ2) is 8.18. The van der Waals surface area contributed by atoms with Gasteiger partial charge in [0.05, 0.1) is 13.5 Å². The van der Waals surface area contributed by atoms with Gasteiger partial charge in [-0.1, -0.05) is 11.6 Å². The van der Waals surface area contributed by atoms with Crippen LogP contribution in [-0.4, -0.2) is 23.3 Å². The molecular weight excluding hydrogens is 375 g/mol. The van der Waals surface area contributed by atoms with Gasteiger partial charge in [-0.15, -0.1) is 10.2 Å². The fourth-order valence-electron chi connectivity index (χ4n) is 2.44. The molecule has 0 fully saturated rings. The Bertz CT molecular complexity index is 943. The number of benzene rings is 2. The van der Waals surface area contributed by atoms with Crippen LogP contribution in [0, 0.1) is 5.82 Å². The average molecular weight is 391 g/mol. The highest BCUT2D eigenvalue weighted by atomic mass is 35.5. The van der Waals surface area contributed by atoms with Gasteiger partial charge in [0.25, 0.3) is 5.89 Å². The zero-order valence-electron chi connectivity index (χ0n) is 14.6. The topological polar surface area (TPSA) is 74.5 Å². The molecule has 0 aliphatic rings. The molecule has 0 radical (unpaired) electrons. The van der Waals surface area contributed by atoms with E-state index in [9.17, 15) is 9.18 Å². The van der Waals surface area contributed by atoms with E-state index in [1.165, 1.54) is 31.4 Å². The lowest BCUT2D eigenvalue weighted by atomic mass is 10.1. The largest absolute Gasteiger partial charge is 0.496 e. The second-order valence-corrected chi connectivity index (χ2v) is 6.15. The molecule has 8 heteroatoms. The number of ether oxygens (including phenoxy) is 2. The zero-order valence-corrected chi connectivity index (χ0v) is 15.4. The Morgan fingerprint density at radius 3 is 2.67 bits per heavy atom. The van der Waals surface area contributed by atoms with Gasteiger partial charge in [-0.05, 0) is 49.4 Å². The van der Waals surface area contributed by atoms with Gasteiger partial charge in [-0.3, -0.25) is 4.79 Å². The fourth-order valence-corrected chi connectivity index (χ4v) is 2.63. The molecule has 0 amide bonds. The van der Waals surface area contributed by atoms with Crippen molar-refractivity contribution >= 4 is 17.6 Å². The van der Waals surface area contributed by atoms with Crippen molar-refractivity contribution < 1.29 is 23.1 Å². The number of nitrogens with zero attached hydrogens (tertiary/aromatic N) is 2. The second-order valence-electron chi connectivity index (χ2n) is 5.72. The van der Waals surface area contributed by atoms with Gasteiger partial charge in [0, 0.05) is 16.1 Å². The highest BCUT2D eigenvalue weighted by molar-refractivity contribution is 6.30. The molecule has 1 heterocycles. The van der Waals surface area contributed by atoms with Crippen LogP contribution < -0.4 is 4.74 Å². The molecule has 0 saturated carbocycles. The normalized spacial score (nSPS) is 11.9. The maximum absolute atomic E-state index is 13.0. The molecule has 2 aromatic carbocycles. The summed E-state index contributed by atoms with van der Waals surface area (Å²) in [5.41, 5.74) is 1.18. The van der Waals surface area contributed by atoms with E-state index in [1.807, 2.05) is 0 Å². The van der Waals surface area contributed by atoms with E-state index >= 15 is 0 Å². The Kier molecular flexibility index (Phi) is 5.71. The molecule has 0 N–H and O–H groups in total. The number of halogens is 2. The molecule has 0 spiro atoms. The maximum Gasteiger partial charge on any atom is 0.311 e. The third-order valence-corrected chi connectivity index (χ3v) is 4.00. The quantitative estimate of drug-likeness (QED) is 0.581. The van der Waals surface area contributed by atoms with Gasteiger partial charge in [0.1, 0.15) is 11.6 Å². The van der Waals surface area contributed by atoms with Crippen LogP contribution >= 0.6 is 11.6 Å². The standard InChI is InChI=1S/C19H16ClFN2O4/c1-11(18-22-23-19(27-18)12-3-6-15(21)7-4-12)26-17(24)10-13-9-14(20)5-8-16(13)25-2/h3-9,11H,10H2,1-2H3/t11-/m0/s1. The van der Waals surface area contributed by atoms with Crippen LogP contribution in [0.4, 0.5) is 4.39 Å². The molecule has 3 rings (SSSR count). The van der Waals surface area contributed by atoms with Gasteiger partial charge in [-0.25, -0.2) is 4.39 Å². The molecule has 140 valence electrons. The summed E-state index contributed by atoms with van der Waals surface area (Å²) in [6, 6.07) is 10.6. The van der Waals surface area contributed by atoms with Crippen molar-refractivity contribution in [1.29, 1.82) is 0 Å². The summed E-state index contributed by atoms with van der Waals surface area (Å²) >= 11 is 5.97. The monoisotopic (exact) mass is 390 g/mol. The summed E-state index contributed by atoms with van der Waals surface area (Å²) in [6.07, 6.45) is -0.767. The number of hydrogen-bond acceptors (Lipinski definition) is 6. The van der Waals surface area contributed by atoms with E-state index in [0.29, 0.717) is 21.9 Å². The average Bonchev–Trinajstić information content (AvgIpc) is 3.13. The van der Waals surface area contributed by atoms with Crippen molar-refractivity contribution in [2.75, 3.05) is 7.11 Å². The lowest BCUT2D eigenvalue weighted by Gasteiger charge is -2.11. The van der Waals surface area contributed by atoms with Crippen LogP contribution in [0.15, 0.2) is 46.9 Å². The summed E-state index contributed by atoms with van der Waals surface area (Å²) in [6.45, 7) is 1.62. The van der Waals surface area contributed by atoms with Crippen LogP contribution in [0.1, 0.15) is 24.5 Å². The van der Waals surface area contributed by atoms with Crippen LogP contribution in [0.2, 0.25) is 5.02 Å². The first-order chi connectivity index (χ1) is 13.0. The van der Waals surface area contributed by atoms with Crippen molar-refractivity contribution in [3.63, 3.8) is 0 Å². The SMILES string of the molecule is COc1ccc(Cl)cc1CC(=O)O[C@@H](C)c1nnc(-c2ccc(F)cc2)o1. The first-order valence-corrected chi connectivity index (χ1v) is 8.45. The summed E-state index contributed by atoms with van der Waals surface area (Å²) < 4.78 is 29.1. The first-order valence-electron chi connectivity index (χ1n) is 8.07. The Morgan fingerprint density at radius 2 is 1.96 bits per heavy atom. The van der Waals surface area contributed by atoms with Crippen LogP contribution in [-0.2, 0) is 16.0 Å². The number of carbonyl (C=O) groups is 1. The number of aromatic nitrogens is 2. The molecule has 0 bridgehead atoms. The van der Waals surface area contributed by atoms with Gasteiger partial charge < -0.3 is 13.9 Å². The van der Waals surface area contributed by atoms with Gasteiger partial charge in [0.2, 0.25) is 5.89 Å². The van der Waals surface area contributed by atoms with Crippen molar-refractivity contribution in [3.8, 4) is 17.2 Å². The van der Waals surface area contributed by atoms with E-state index in [4.69, 9.17) is 25.5 Å². The fraction of sp³-hybridized carbons (Fsp3) is 0.211. The summed E-state index contributed by atoms with van der Waals surface area (Å²) in [7, 11) is 1.51. The van der Waals surface area contributed by atoms with E-state index in [1.54, 1.807) is 25.1 Å². The number of rotatable bonds is 6. The van der Waals surface area contributed by atoms with E-state index in [2.05, 4.69) is 10.2 Å². The molecule has 6 nitrogen and oxygen atoms in total. The Morgan fingerprint density at radius 1 is 1.22 bits per heavy atom. The molecule has 1 atom stereocenters. The highest BCUT2D eigenvalue weighted by Crippen LogP contribution is 2.25. The van der Waals surface area contributed by atoms with Gasteiger partial charge in [0.15, 0.2) is 6.10 Å². The van der Waals surface area contributed by atoms with Crippen molar-refractivity contribution in [1.82, 2.24) is 10.2 Å². The summed E-state index contributed by atoms with van der Waals surface area (Å²) in [5, 5.41) is 8.28. The molecule has 3 aromatic rings. The molecule has 0 aliphatic heterocycles. The first kappa shape index (κ1) is 18.8. The maximum atomic E-state index is 13.0. The number of methoxy groups -OCH3 is 1. The van der Waals surface area contributed by atoms with Gasteiger partial charge in [-0.2, -0.15) is 0 Å². The van der Waals surface area contributed by atoms with Crippen molar-refractivity contribution in [3.05, 3.63) is 64.8 Å². The Balaban J connectivity index is 1.67. The molecule has 0 saturated heterocycles. The van der Waals surface area contributed by atoms with Crippen molar-refractivity contribution in [2.45, 2.75) is 19.4 Å². The van der Waals surface area contributed by atoms with E-state index in [0.717, 1.165) is 0 Å². The molecule has 1 aromatic heterocycles. The Labute approximate surface area is 159 Å². The lowest BCUT2D eigenvalue weighted by Crippen LogP contribution is -2.12. The number of esters is 1. The van der Waals surface area contributed by atoms with E-state index in [-0.39, 0.29) is 24.0 Å². The molecule has 0 aliphatic carbocycles. The number of hydrogen-bond donors (Lipinski definition) is 0. The predicted octanol–water partition coefficient (Wildman–Crippen LogP) is 4.38. The third-order valence-electron chi connectivity index (χ3n) is 3.77. The van der Waals surface area contributed by atoms with Crippen molar-refractivity contribution in [2.24, 2.45) is 0 Å². The Hall–Kier alpha value is -2.93. The molecular formula is C19H16ClFN2O4. The smallest absolute Gasteiger partial charge is 0.311 e. The van der Waals surface area contributed by atoms with Crippen LogP contribution in [0.3, 0.4) is 0 Å².